The van der Waals surface area contributed by atoms with E-state index >= 15 is 8.78 Å². The molecule has 222 valence electrons. The van der Waals surface area contributed by atoms with Crippen LogP contribution in [0, 0.1) is 41.9 Å². The highest BCUT2D eigenvalue weighted by Crippen LogP contribution is 2.47. The van der Waals surface area contributed by atoms with Crippen LogP contribution < -0.4 is 9.47 Å². The Morgan fingerprint density at radius 2 is 1.44 bits per heavy atom. The zero-order chi connectivity index (χ0) is 29.9. The minimum absolute atomic E-state index is 0.0174. The molecule has 0 aliphatic heterocycles. The van der Waals surface area contributed by atoms with E-state index in [1.807, 2.05) is 0 Å². The fraction of sp³-hybridized carbons (Fsp3) is 0.419. The molecule has 10 heteroatoms. The summed E-state index contributed by atoms with van der Waals surface area (Å²) in [5.41, 5.74) is -1.08. The lowest BCUT2D eigenvalue weighted by Gasteiger charge is -2.30. The highest BCUT2D eigenvalue weighted by molar-refractivity contribution is 5.72. The first-order valence-corrected chi connectivity index (χ1v) is 13.6. The quantitative estimate of drug-likeness (QED) is 0.141. The van der Waals surface area contributed by atoms with Crippen molar-refractivity contribution < 1.29 is 44.6 Å². The number of hydrogen-bond acceptors (Lipinski definition) is 2. The van der Waals surface area contributed by atoms with Crippen molar-refractivity contribution in [1.82, 2.24) is 0 Å². The maximum absolute atomic E-state index is 15.5. The Bertz CT molecular complexity index is 1350. The molecule has 0 radical (unpaired) electrons. The molecule has 1 fully saturated rings. The molecule has 3 aromatic rings. The smallest absolute Gasteiger partial charge is 0.453 e. The molecular formula is C31H30F8O2. The van der Waals surface area contributed by atoms with Gasteiger partial charge < -0.3 is 9.47 Å². The number of benzene rings is 3. The van der Waals surface area contributed by atoms with Gasteiger partial charge in [-0.15, -0.1) is 13.2 Å². The molecule has 4 rings (SSSR count). The summed E-state index contributed by atoms with van der Waals surface area (Å²) in [5, 5.41) is 0. The maximum Gasteiger partial charge on any atom is 0.573 e. The average Bonchev–Trinajstić information content (AvgIpc) is 2.93. The standard InChI is InChI=1S/C31H30F8O2/c1-3-4-5-8-18-11-13-19(14-12-18)25-28(36)26(34)17(2)27(35)30(25)40-24-10-7-6-9-21(24)20-15-22(32)29(23(33)16-20)41-31(37,38)39/h6-7,9-10,15-16,18-19H,3-5,8,11-14H2,1-2H3. The zero-order valence-electron chi connectivity index (χ0n) is 22.6. The van der Waals surface area contributed by atoms with E-state index in [1.165, 1.54) is 24.3 Å². The van der Waals surface area contributed by atoms with Crippen LogP contribution in [0.15, 0.2) is 36.4 Å². The summed E-state index contributed by atoms with van der Waals surface area (Å²) in [6.45, 7) is 3.19. The van der Waals surface area contributed by atoms with Crippen LogP contribution >= 0.6 is 0 Å². The van der Waals surface area contributed by atoms with Gasteiger partial charge in [-0.1, -0.05) is 50.8 Å². The Morgan fingerprint density at radius 3 is 2.05 bits per heavy atom. The Kier molecular flexibility index (Phi) is 9.49. The molecule has 0 aromatic heterocycles. The zero-order valence-corrected chi connectivity index (χ0v) is 22.6. The van der Waals surface area contributed by atoms with E-state index in [0.29, 0.717) is 30.9 Å². The van der Waals surface area contributed by atoms with Gasteiger partial charge in [0.25, 0.3) is 0 Å². The van der Waals surface area contributed by atoms with Gasteiger partial charge in [-0.25, -0.2) is 22.0 Å². The number of ether oxygens (including phenoxy) is 2. The first kappa shape index (κ1) is 30.7. The van der Waals surface area contributed by atoms with E-state index in [0.717, 1.165) is 45.4 Å². The Labute approximate surface area is 233 Å². The van der Waals surface area contributed by atoms with Crippen LogP contribution in [0.1, 0.15) is 75.3 Å². The van der Waals surface area contributed by atoms with Crippen molar-refractivity contribution >= 4 is 0 Å². The van der Waals surface area contributed by atoms with Crippen LogP contribution in [0.2, 0.25) is 0 Å². The van der Waals surface area contributed by atoms with Crippen LogP contribution in [0.5, 0.6) is 17.2 Å². The third-order valence-corrected chi connectivity index (χ3v) is 7.63. The molecule has 0 saturated heterocycles. The number of alkyl halides is 3. The van der Waals surface area contributed by atoms with Gasteiger partial charge in [0.15, 0.2) is 34.8 Å². The third kappa shape index (κ3) is 6.96. The van der Waals surface area contributed by atoms with Crippen molar-refractivity contribution in [3.8, 4) is 28.4 Å². The van der Waals surface area contributed by atoms with Crippen molar-refractivity contribution in [2.45, 2.75) is 77.5 Å². The summed E-state index contributed by atoms with van der Waals surface area (Å²) in [7, 11) is 0. The molecule has 0 heterocycles. The number of unbranched alkanes of at least 4 members (excludes halogenated alkanes) is 2. The number of halogens is 8. The van der Waals surface area contributed by atoms with Gasteiger partial charge in [-0.2, -0.15) is 0 Å². The molecule has 0 N–H and O–H groups in total. The minimum atomic E-state index is -5.32. The second-order valence-electron chi connectivity index (χ2n) is 10.4. The third-order valence-electron chi connectivity index (χ3n) is 7.63. The molecule has 1 aliphatic carbocycles. The van der Waals surface area contributed by atoms with Crippen LogP contribution in [0.4, 0.5) is 35.1 Å². The molecular weight excluding hydrogens is 556 g/mol. The van der Waals surface area contributed by atoms with Crippen LogP contribution in [0.25, 0.3) is 11.1 Å². The largest absolute Gasteiger partial charge is 0.573 e. The van der Waals surface area contributed by atoms with Gasteiger partial charge in [0.1, 0.15) is 5.75 Å². The monoisotopic (exact) mass is 586 g/mol. The second-order valence-corrected chi connectivity index (χ2v) is 10.4. The fourth-order valence-corrected chi connectivity index (χ4v) is 5.49. The minimum Gasteiger partial charge on any atom is -0.453 e. The highest BCUT2D eigenvalue weighted by Gasteiger charge is 2.35. The summed E-state index contributed by atoms with van der Waals surface area (Å²) in [4.78, 5) is 0. The number of rotatable bonds is 9. The van der Waals surface area contributed by atoms with Crippen LogP contribution in [-0.4, -0.2) is 6.36 Å². The van der Waals surface area contributed by atoms with E-state index in [9.17, 15) is 26.3 Å². The Balaban J connectivity index is 1.70. The van der Waals surface area contributed by atoms with Gasteiger partial charge in [-0.3, -0.25) is 0 Å². The molecule has 1 aliphatic rings. The first-order valence-electron chi connectivity index (χ1n) is 13.6. The molecule has 41 heavy (non-hydrogen) atoms. The van der Waals surface area contributed by atoms with Gasteiger partial charge in [0.05, 0.1) is 0 Å². The molecule has 1 saturated carbocycles. The van der Waals surface area contributed by atoms with Gasteiger partial charge in [0.2, 0.25) is 5.75 Å². The van der Waals surface area contributed by atoms with E-state index in [2.05, 4.69) is 11.7 Å². The van der Waals surface area contributed by atoms with Crippen LogP contribution in [0.3, 0.4) is 0 Å². The van der Waals surface area contributed by atoms with E-state index in [4.69, 9.17) is 4.74 Å². The first-order chi connectivity index (χ1) is 19.4. The topological polar surface area (TPSA) is 18.5 Å². The Hall–Kier alpha value is -3.30. The van der Waals surface area contributed by atoms with Gasteiger partial charge in [-0.05, 0) is 68.2 Å². The predicted octanol–water partition coefficient (Wildman–Crippen LogP) is 10.9. The molecule has 0 spiro atoms. The van der Waals surface area contributed by atoms with Crippen molar-refractivity contribution in [2.24, 2.45) is 5.92 Å². The summed E-state index contributed by atoms with van der Waals surface area (Å²) in [6.07, 6.45) is 1.56. The van der Waals surface area contributed by atoms with Gasteiger partial charge >= 0.3 is 6.36 Å². The van der Waals surface area contributed by atoms with Crippen molar-refractivity contribution in [1.29, 1.82) is 0 Å². The number of hydrogen-bond donors (Lipinski definition) is 0. The second kappa shape index (κ2) is 12.7. The maximum atomic E-state index is 15.5. The van der Waals surface area contributed by atoms with E-state index in [-0.39, 0.29) is 22.4 Å². The van der Waals surface area contributed by atoms with Crippen molar-refractivity contribution in [3.05, 3.63) is 76.6 Å². The SMILES string of the molecule is CCCCCC1CCC(c2c(F)c(F)c(C)c(F)c2Oc2ccccc2-c2cc(F)c(OC(F)(F)F)c(F)c2)CC1. The molecule has 0 bridgehead atoms. The van der Waals surface area contributed by atoms with Crippen molar-refractivity contribution in [2.75, 3.05) is 0 Å². The summed E-state index contributed by atoms with van der Waals surface area (Å²) < 4.78 is 122. The molecule has 0 amide bonds. The predicted molar refractivity (Wildman–Crippen MR) is 138 cm³/mol. The lowest BCUT2D eigenvalue weighted by molar-refractivity contribution is -0.276. The molecule has 0 unspecified atom stereocenters. The van der Waals surface area contributed by atoms with E-state index < -0.39 is 58.4 Å². The summed E-state index contributed by atoms with van der Waals surface area (Å²) in [6, 6.07) is 6.83. The normalized spacial score (nSPS) is 17.5. The van der Waals surface area contributed by atoms with Crippen molar-refractivity contribution in [3.63, 3.8) is 0 Å². The summed E-state index contributed by atoms with van der Waals surface area (Å²) >= 11 is 0. The summed E-state index contributed by atoms with van der Waals surface area (Å²) in [5.74, 6) is -9.27. The van der Waals surface area contributed by atoms with Crippen LogP contribution in [-0.2, 0) is 0 Å². The molecule has 3 aromatic carbocycles. The lowest BCUT2D eigenvalue weighted by Crippen LogP contribution is -2.19. The molecule has 0 atom stereocenters. The highest BCUT2D eigenvalue weighted by atomic mass is 19.4. The van der Waals surface area contributed by atoms with E-state index in [1.54, 1.807) is 0 Å². The fourth-order valence-electron chi connectivity index (χ4n) is 5.49. The molecule has 2 nitrogen and oxygen atoms in total. The lowest BCUT2D eigenvalue weighted by atomic mass is 9.76. The van der Waals surface area contributed by atoms with Gasteiger partial charge in [0, 0.05) is 16.7 Å². The number of para-hydroxylation sites is 1. The average molecular weight is 587 g/mol. The Morgan fingerprint density at radius 1 is 0.805 bits per heavy atom.